The predicted molar refractivity (Wildman–Crippen MR) is 68.7 cm³/mol. The Labute approximate surface area is 105 Å². The highest BCUT2D eigenvalue weighted by atomic mass is 79.9. The van der Waals surface area contributed by atoms with Crippen LogP contribution in [0.1, 0.15) is 0 Å². The van der Waals surface area contributed by atoms with Crippen LogP contribution in [0, 0.1) is 0 Å². The number of fused-ring (bicyclic) bond motifs is 1. The van der Waals surface area contributed by atoms with Gasteiger partial charge in [0.25, 0.3) is 5.56 Å². The average Bonchev–Trinajstić information content (AvgIpc) is 2.22. The SMILES string of the molecule is C=C(Cl)Cn1cnc2ccc(Br)cc2c1=O. The zero-order chi connectivity index (χ0) is 11.7. The molecule has 0 fully saturated rings. The van der Waals surface area contributed by atoms with Crippen molar-refractivity contribution in [2.45, 2.75) is 6.54 Å². The smallest absolute Gasteiger partial charge is 0.261 e. The lowest BCUT2D eigenvalue weighted by atomic mass is 10.2. The number of aromatic nitrogens is 2. The van der Waals surface area contributed by atoms with Gasteiger partial charge in [-0.3, -0.25) is 9.36 Å². The van der Waals surface area contributed by atoms with E-state index in [-0.39, 0.29) is 12.1 Å². The molecule has 0 spiro atoms. The maximum Gasteiger partial charge on any atom is 0.261 e. The molecule has 0 atom stereocenters. The summed E-state index contributed by atoms with van der Waals surface area (Å²) in [6.45, 7) is 3.83. The molecule has 3 nitrogen and oxygen atoms in total. The highest BCUT2D eigenvalue weighted by molar-refractivity contribution is 9.10. The number of allylic oxidation sites excluding steroid dienone is 1. The number of rotatable bonds is 2. The summed E-state index contributed by atoms with van der Waals surface area (Å²) in [5, 5.41) is 0.966. The maximum absolute atomic E-state index is 12.0. The van der Waals surface area contributed by atoms with Gasteiger partial charge in [-0.25, -0.2) is 4.98 Å². The number of hydrogen-bond acceptors (Lipinski definition) is 2. The van der Waals surface area contributed by atoms with Crippen molar-refractivity contribution in [2.75, 3.05) is 0 Å². The fourth-order valence-electron chi connectivity index (χ4n) is 1.43. The van der Waals surface area contributed by atoms with Gasteiger partial charge >= 0.3 is 0 Å². The average molecular weight is 300 g/mol. The van der Waals surface area contributed by atoms with Crippen molar-refractivity contribution < 1.29 is 0 Å². The molecule has 0 aliphatic heterocycles. The Balaban J connectivity index is 2.68. The van der Waals surface area contributed by atoms with E-state index in [1.54, 1.807) is 12.1 Å². The Morgan fingerprint density at radius 2 is 2.31 bits per heavy atom. The molecule has 0 saturated heterocycles. The molecule has 0 unspecified atom stereocenters. The van der Waals surface area contributed by atoms with E-state index >= 15 is 0 Å². The van der Waals surface area contributed by atoms with Gasteiger partial charge in [0.1, 0.15) is 0 Å². The molecule has 0 bridgehead atoms. The fraction of sp³-hybridized carbons (Fsp3) is 0.0909. The number of halogens is 2. The molecular formula is C11H8BrClN2O. The molecule has 1 aromatic heterocycles. The molecular weight excluding hydrogens is 291 g/mol. The Bertz CT molecular complexity index is 621. The van der Waals surface area contributed by atoms with Crippen LogP contribution < -0.4 is 5.56 Å². The molecule has 1 aromatic carbocycles. The molecule has 0 aliphatic carbocycles. The van der Waals surface area contributed by atoms with E-state index in [0.29, 0.717) is 15.9 Å². The van der Waals surface area contributed by atoms with E-state index in [2.05, 4.69) is 27.5 Å². The number of hydrogen-bond donors (Lipinski definition) is 0. The first-order chi connectivity index (χ1) is 7.58. The summed E-state index contributed by atoms with van der Waals surface area (Å²) in [4.78, 5) is 16.2. The van der Waals surface area contributed by atoms with Crippen molar-refractivity contribution in [3.8, 4) is 0 Å². The monoisotopic (exact) mass is 298 g/mol. The summed E-state index contributed by atoms with van der Waals surface area (Å²) >= 11 is 9.00. The molecule has 0 N–H and O–H groups in total. The van der Waals surface area contributed by atoms with Gasteiger partial charge in [0.05, 0.1) is 23.8 Å². The lowest BCUT2D eigenvalue weighted by molar-refractivity contribution is 0.759. The van der Waals surface area contributed by atoms with Gasteiger partial charge in [-0.2, -0.15) is 0 Å². The van der Waals surface area contributed by atoms with E-state index in [9.17, 15) is 4.79 Å². The summed E-state index contributed by atoms with van der Waals surface area (Å²) in [6, 6.07) is 5.39. The van der Waals surface area contributed by atoms with Gasteiger partial charge in [0.15, 0.2) is 0 Å². The van der Waals surface area contributed by atoms with E-state index < -0.39 is 0 Å². The van der Waals surface area contributed by atoms with Gasteiger partial charge in [-0.05, 0) is 18.2 Å². The Hall–Kier alpha value is -1.13. The van der Waals surface area contributed by atoms with Gasteiger partial charge in [0.2, 0.25) is 0 Å². The number of benzene rings is 1. The van der Waals surface area contributed by atoms with Crippen LogP contribution in [-0.4, -0.2) is 9.55 Å². The Morgan fingerprint density at radius 1 is 1.56 bits per heavy atom. The normalized spacial score (nSPS) is 10.6. The van der Waals surface area contributed by atoms with Crippen molar-refractivity contribution in [1.29, 1.82) is 0 Å². The van der Waals surface area contributed by atoms with Crippen LogP contribution in [0.25, 0.3) is 10.9 Å². The van der Waals surface area contributed by atoms with Crippen molar-refractivity contribution >= 4 is 38.4 Å². The zero-order valence-corrected chi connectivity index (χ0v) is 10.6. The topological polar surface area (TPSA) is 34.9 Å². The Kier molecular flexibility index (Phi) is 3.12. The minimum Gasteiger partial charge on any atom is -0.293 e. The highest BCUT2D eigenvalue weighted by Gasteiger charge is 2.04. The van der Waals surface area contributed by atoms with Gasteiger partial charge < -0.3 is 0 Å². The van der Waals surface area contributed by atoms with E-state index in [1.807, 2.05) is 6.07 Å². The highest BCUT2D eigenvalue weighted by Crippen LogP contribution is 2.15. The lowest BCUT2D eigenvalue weighted by Gasteiger charge is -2.05. The molecule has 1 heterocycles. The molecule has 2 rings (SSSR count). The molecule has 0 amide bonds. The van der Waals surface area contributed by atoms with E-state index in [0.717, 1.165) is 4.47 Å². The standard InChI is InChI=1S/C11H8BrClN2O/c1-7(13)5-15-6-14-10-3-2-8(12)4-9(10)11(15)16/h2-4,6H,1,5H2. The maximum atomic E-state index is 12.0. The minimum absolute atomic E-state index is 0.117. The molecule has 2 aromatic rings. The molecule has 0 radical (unpaired) electrons. The first-order valence-electron chi connectivity index (χ1n) is 4.56. The predicted octanol–water partition coefficient (Wildman–Crippen LogP) is 2.91. The third-order valence-electron chi connectivity index (χ3n) is 2.13. The van der Waals surface area contributed by atoms with Gasteiger partial charge in [-0.1, -0.05) is 34.1 Å². The Morgan fingerprint density at radius 3 is 3.00 bits per heavy atom. The van der Waals surface area contributed by atoms with Crippen LogP contribution >= 0.6 is 27.5 Å². The summed E-state index contributed by atoms with van der Waals surface area (Å²) in [5.74, 6) is 0. The fourth-order valence-corrected chi connectivity index (χ4v) is 1.92. The van der Waals surface area contributed by atoms with E-state index in [1.165, 1.54) is 10.9 Å². The third-order valence-corrected chi connectivity index (χ3v) is 2.74. The summed E-state index contributed by atoms with van der Waals surface area (Å²) < 4.78 is 2.28. The van der Waals surface area contributed by atoms with Crippen LogP contribution in [0.3, 0.4) is 0 Å². The molecule has 82 valence electrons. The molecule has 16 heavy (non-hydrogen) atoms. The largest absolute Gasteiger partial charge is 0.293 e. The second-order valence-electron chi connectivity index (χ2n) is 3.36. The third kappa shape index (κ3) is 2.18. The van der Waals surface area contributed by atoms with Crippen molar-refractivity contribution in [3.63, 3.8) is 0 Å². The van der Waals surface area contributed by atoms with Crippen LogP contribution in [0.15, 0.2) is 45.4 Å². The first-order valence-corrected chi connectivity index (χ1v) is 5.73. The van der Waals surface area contributed by atoms with Crippen molar-refractivity contribution in [3.05, 3.63) is 51.0 Å². The van der Waals surface area contributed by atoms with Crippen LogP contribution in [0.4, 0.5) is 0 Å². The summed E-state index contributed by atoms with van der Waals surface area (Å²) in [5.41, 5.74) is 0.553. The second kappa shape index (κ2) is 4.39. The van der Waals surface area contributed by atoms with Crippen LogP contribution in [-0.2, 0) is 6.54 Å². The zero-order valence-electron chi connectivity index (χ0n) is 8.28. The summed E-state index contributed by atoms with van der Waals surface area (Å²) in [6.07, 6.45) is 1.48. The van der Waals surface area contributed by atoms with Gasteiger partial charge in [-0.15, -0.1) is 0 Å². The molecule has 5 heteroatoms. The van der Waals surface area contributed by atoms with Crippen LogP contribution in [0.5, 0.6) is 0 Å². The van der Waals surface area contributed by atoms with Crippen molar-refractivity contribution in [2.24, 2.45) is 0 Å². The lowest BCUT2D eigenvalue weighted by Crippen LogP contribution is -2.20. The first kappa shape index (κ1) is 11.4. The number of nitrogens with zero attached hydrogens (tertiary/aromatic N) is 2. The quantitative estimate of drug-likeness (QED) is 0.854. The minimum atomic E-state index is -0.117. The molecule has 0 aliphatic rings. The van der Waals surface area contributed by atoms with Crippen LogP contribution in [0.2, 0.25) is 0 Å². The molecule has 0 saturated carbocycles. The van der Waals surface area contributed by atoms with E-state index in [4.69, 9.17) is 11.6 Å². The van der Waals surface area contributed by atoms with Gasteiger partial charge in [0, 0.05) is 9.51 Å². The van der Waals surface area contributed by atoms with Crippen molar-refractivity contribution in [1.82, 2.24) is 9.55 Å². The second-order valence-corrected chi connectivity index (χ2v) is 4.81. The summed E-state index contributed by atoms with van der Waals surface area (Å²) in [7, 11) is 0.